The van der Waals surface area contributed by atoms with Gasteiger partial charge in [0, 0.05) is 18.7 Å². The summed E-state index contributed by atoms with van der Waals surface area (Å²) in [5, 5.41) is 8.16. The lowest BCUT2D eigenvalue weighted by molar-refractivity contribution is 0.0476. The van der Waals surface area contributed by atoms with E-state index < -0.39 is 0 Å². The molecule has 1 aliphatic rings. The zero-order valence-electron chi connectivity index (χ0n) is 10.6. The summed E-state index contributed by atoms with van der Waals surface area (Å²) in [4.78, 5) is 15.6. The van der Waals surface area contributed by atoms with Crippen molar-refractivity contribution in [3.05, 3.63) is 42.2 Å². The second kappa shape index (κ2) is 4.72. The molecule has 0 aliphatic carbocycles. The van der Waals surface area contributed by atoms with Gasteiger partial charge in [-0.3, -0.25) is 4.79 Å². The maximum absolute atomic E-state index is 12.2. The van der Waals surface area contributed by atoms with Gasteiger partial charge in [-0.05, 0) is 24.3 Å². The van der Waals surface area contributed by atoms with Crippen molar-refractivity contribution in [2.24, 2.45) is 0 Å². The number of benzene rings is 1. The normalized spacial score (nSPS) is 15.1. The highest BCUT2D eigenvalue weighted by molar-refractivity contribution is 5.94. The molecule has 1 aliphatic heterocycles. The fourth-order valence-corrected chi connectivity index (χ4v) is 2.10. The van der Waals surface area contributed by atoms with Gasteiger partial charge >= 0.3 is 0 Å². The fourth-order valence-electron chi connectivity index (χ4n) is 2.10. The third-order valence-corrected chi connectivity index (χ3v) is 3.25. The lowest BCUT2D eigenvalue weighted by Crippen LogP contribution is -2.51. The molecule has 1 fully saturated rings. The number of rotatable bonds is 3. The number of carbonyl (C=O) groups excluding carboxylic acids is 1. The number of hydrogen-bond donors (Lipinski definition) is 0. The number of aromatic nitrogens is 3. The predicted molar refractivity (Wildman–Crippen MR) is 68.0 cm³/mol. The van der Waals surface area contributed by atoms with Crippen LogP contribution in [0.5, 0.6) is 5.75 Å². The van der Waals surface area contributed by atoms with Gasteiger partial charge in [-0.2, -0.15) is 15.0 Å². The summed E-state index contributed by atoms with van der Waals surface area (Å²) in [7, 11) is 1.61. The monoisotopic (exact) mass is 258 g/mol. The van der Waals surface area contributed by atoms with Gasteiger partial charge in [-0.1, -0.05) is 0 Å². The minimum absolute atomic E-state index is 0.0334. The SMILES string of the molecule is COc1ccc(C(=O)N2CC(n3nccn3)C2)cc1. The van der Waals surface area contributed by atoms with Crippen LogP contribution in [0.25, 0.3) is 0 Å². The molecule has 0 saturated carbocycles. The van der Waals surface area contributed by atoms with Crippen LogP contribution in [-0.2, 0) is 0 Å². The van der Waals surface area contributed by atoms with E-state index in [0.717, 1.165) is 5.75 Å². The van der Waals surface area contributed by atoms with E-state index in [1.807, 2.05) is 0 Å². The Morgan fingerprint density at radius 3 is 2.42 bits per heavy atom. The molecule has 1 amide bonds. The molecule has 1 saturated heterocycles. The molecule has 0 N–H and O–H groups in total. The first-order chi connectivity index (χ1) is 9.28. The quantitative estimate of drug-likeness (QED) is 0.823. The number of likely N-dealkylation sites (tertiary alicyclic amines) is 1. The summed E-state index contributed by atoms with van der Waals surface area (Å²) in [5.41, 5.74) is 0.674. The Balaban J connectivity index is 1.63. The summed E-state index contributed by atoms with van der Waals surface area (Å²) in [5.74, 6) is 0.782. The van der Waals surface area contributed by atoms with E-state index in [1.165, 1.54) is 0 Å². The largest absolute Gasteiger partial charge is 0.497 e. The first-order valence-corrected chi connectivity index (χ1v) is 6.07. The van der Waals surface area contributed by atoms with Gasteiger partial charge in [0.1, 0.15) is 11.8 Å². The van der Waals surface area contributed by atoms with E-state index in [9.17, 15) is 4.79 Å². The van der Waals surface area contributed by atoms with Crippen molar-refractivity contribution in [2.75, 3.05) is 20.2 Å². The lowest BCUT2D eigenvalue weighted by Gasteiger charge is -2.38. The molecule has 0 spiro atoms. The first-order valence-electron chi connectivity index (χ1n) is 6.07. The molecule has 0 unspecified atom stereocenters. The summed E-state index contributed by atoms with van der Waals surface area (Å²) in [6, 6.07) is 7.33. The predicted octanol–water partition coefficient (Wildman–Crippen LogP) is 0.984. The molecule has 3 rings (SSSR count). The third-order valence-electron chi connectivity index (χ3n) is 3.25. The van der Waals surface area contributed by atoms with Crippen LogP contribution < -0.4 is 4.74 Å². The highest BCUT2D eigenvalue weighted by Gasteiger charge is 2.33. The van der Waals surface area contributed by atoms with Crippen LogP contribution in [0.15, 0.2) is 36.7 Å². The van der Waals surface area contributed by atoms with Gasteiger partial charge in [0.15, 0.2) is 0 Å². The Kier molecular flexibility index (Phi) is 2.91. The fraction of sp³-hybridized carbons (Fsp3) is 0.308. The van der Waals surface area contributed by atoms with E-state index in [1.54, 1.807) is 53.5 Å². The zero-order valence-corrected chi connectivity index (χ0v) is 10.6. The van der Waals surface area contributed by atoms with Crippen LogP contribution in [0.3, 0.4) is 0 Å². The van der Waals surface area contributed by atoms with Crippen molar-refractivity contribution in [3.63, 3.8) is 0 Å². The average molecular weight is 258 g/mol. The second-order valence-electron chi connectivity index (χ2n) is 4.44. The van der Waals surface area contributed by atoms with Gasteiger partial charge in [-0.25, -0.2) is 0 Å². The molecule has 6 nitrogen and oxygen atoms in total. The van der Waals surface area contributed by atoms with Crippen LogP contribution in [0.1, 0.15) is 16.4 Å². The van der Waals surface area contributed by atoms with E-state index in [2.05, 4.69) is 10.2 Å². The number of hydrogen-bond acceptors (Lipinski definition) is 4. The standard InChI is InChI=1S/C13H14N4O2/c1-19-12-4-2-10(3-5-12)13(18)16-8-11(9-16)17-14-6-7-15-17/h2-7,11H,8-9H2,1H3. The Morgan fingerprint density at radius 1 is 1.21 bits per heavy atom. The molecule has 2 aromatic rings. The van der Waals surface area contributed by atoms with Crippen LogP contribution in [-0.4, -0.2) is 46.0 Å². The minimum Gasteiger partial charge on any atom is -0.497 e. The Bertz CT molecular complexity index is 559. The average Bonchev–Trinajstić information content (AvgIpc) is 2.91. The molecule has 19 heavy (non-hydrogen) atoms. The van der Waals surface area contributed by atoms with Crippen LogP contribution >= 0.6 is 0 Å². The van der Waals surface area contributed by atoms with Gasteiger partial charge in [-0.15, -0.1) is 0 Å². The summed E-state index contributed by atoms with van der Waals surface area (Å²) in [6.45, 7) is 1.30. The molecule has 6 heteroatoms. The van der Waals surface area contributed by atoms with E-state index in [0.29, 0.717) is 18.7 Å². The van der Waals surface area contributed by atoms with Crippen molar-refractivity contribution in [1.82, 2.24) is 19.9 Å². The molecule has 98 valence electrons. The van der Waals surface area contributed by atoms with Gasteiger partial charge < -0.3 is 9.64 Å². The summed E-state index contributed by atoms with van der Waals surface area (Å²) >= 11 is 0. The maximum Gasteiger partial charge on any atom is 0.254 e. The van der Waals surface area contributed by atoms with Crippen LogP contribution in [0.2, 0.25) is 0 Å². The number of nitrogens with zero attached hydrogens (tertiary/aromatic N) is 4. The lowest BCUT2D eigenvalue weighted by atomic mass is 10.1. The summed E-state index contributed by atoms with van der Waals surface area (Å²) in [6.07, 6.45) is 3.29. The molecule has 1 aromatic carbocycles. The number of carbonyl (C=O) groups is 1. The highest BCUT2D eigenvalue weighted by Crippen LogP contribution is 2.22. The topological polar surface area (TPSA) is 60.2 Å². The molecule has 2 heterocycles. The molecule has 1 aromatic heterocycles. The van der Waals surface area contributed by atoms with Crippen molar-refractivity contribution in [1.29, 1.82) is 0 Å². The number of ether oxygens (including phenoxy) is 1. The molecule has 0 radical (unpaired) electrons. The maximum atomic E-state index is 12.2. The Morgan fingerprint density at radius 2 is 1.84 bits per heavy atom. The van der Waals surface area contributed by atoms with E-state index in [4.69, 9.17) is 4.74 Å². The third kappa shape index (κ3) is 2.16. The van der Waals surface area contributed by atoms with Crippen molar-refractivity contribution in [2.45, 2.75) is 6.04 Å². The zero-order chi connectivity index (χ0) is 13.2. The molecular formula is C13H14N4O2. The van der Waals surface area contributed by atoms with E-state index in [-0.39, 0.29) is 11.9 Å². The van der Waals surface area contributed by atoms with Crippen molar-refractivity contribution in [3.8, 4) is 5.75 Å². The van der Waals surface area contributed by atoms with Gasteiger partial charge in [0.05, 0.1) is 19.5 Å². The number of amides is 1. The van der Waals surface area contributed by atoms with Crippen molar-refractivity contribution >= 4 is 5.91 Å². The first kappa shape index (κ1) is 11.7. The minimum atomic E-state index is 0.0334. The molecule has 0 atom stereocenters. The number of methoxy groups -OCH3 is 1. The Labute approximate surface area is 110 Å². The molecular weight excluding hydrogens is 244 g/mol. The van der Waals surface area contributed by atoms with Gasteiger partial charge in [0.2, 0.25) is 0 Å². The van der Waals surface area contributed by atoms with Crippen molar-refractivity contribution < 1.29 is 9.53 Å². The smallest absolute Gasteiger partial charge is 0.254 e. The summed E-state index contributed by atoms with van der Waals surface area (Å²) < 4.78 is 5.07. The highest BCUT2D eigenvalue weighted by atomic mass is 16.5. The second-order valence-corrected chi connectivity index (χ2v) is 4.44. The van der Waals surface area contributed by atoms with Crippen LogP contribution in [0, 0.1) is 0 Å². The molecule has 0 bridgehead atoms. The van der Waals surface area contributed by atoms with Gasteiger partial charge in [0.25, 0.3) is 5.91 Å². The van der Waals surface area contributed by atoms with E-state index >= 15 is 0 Å². The Hall–Kier alpha value is -2.37. The van der Waals surface area contributed by atoms with Crippen LogP contribution in [0.4, 0.5) is 0 Å².